The molecule has 2 heterocycles. The Morgan fingerprint density at radius 3 is 2.71 bits per heavy atom. The molecular weight excluding hydrogens is 361 g/mol. The highest BCUT2D eigenvalue weighted by atomic mass is 19.1. The second kappa shape index (κ2) is 7.56. The summed E-state index contributed by atoms with van der Waals surface area (Å²) in [5.74, 6) is 0.698. The van der Waals surface area contributed by atoms with Crippen LogP contribution in [-0.2, 0) is 6.54 Å². The SMILES string of the molecule is Nc1ncccc1CNC(=O)c1cc(F)cc(-c2ccc3c(c2)OCCO3)c1. The number of aromatic nitrogens is 1. The Balaban J connectivity index is 1.57. The number of rotatable bonds is 4. The highest BCUT2D eigenvalue weighted by Gasteiger charge is 2.15. The van der Waals surface area contributed by atoms with Crippen LogP contribution in [0.2, 0.25) is 0 Å². The summed E-state index contributed by atoms with van der Waals surface area (Å²) in [7, 11) is 0. The van der Waals surface area contributed by atoms with E-state index in [0.29, 0.717) is 41.7 Å². The molecule has 1 amide bonds. The summed E-state index contributed by atoms with van der Waals surface area (Å²) < 4.78 is 25.3. The first-order valence-corrected chi connectivity index (χ1v) is 8.78. The second-order valence-corrected chi connectivity index (χ2v) is 6.32. The molecule has 0 saturated heterocycles. The predicted octanol–water partition coefficient (Wildman–Crippen LogP) is 3.17. The number of amides is 1. The Hall–Kier alpha value is -3.61. The van der Waals surface area contributed by atoms with E-state index in [9.17, 15) is 9.18 Å². The minimum Gasteiger partial charge on any atom is -0.486 e. The van der Waals surface area contributed by atoms with E-state index in [4.69, 9.17) is 15.2 Å². The molecule has 3 aromatic rings. The molecule has 0 bridgehead atoms. The molecular formula is C21H18FN3O3. The number of fused-ring (bicyclic) bond motifs is 1. The maximum absolute atomic E-state index is 14.2. The van der Waals surface area contributed by atoms with Crippen LogP contribution in [0.4, 0.5) is 10.2 Å². The normalized spacial score (nSPS) is 12.5. The van der Waals surface area contributed by atoms with Gasteiger partial charge < -0.3 is 20.5 Å². The molecule has 1 aromatic heterocycles. The monoisotopic (exact) mass is 379 g/mol. The Labute approximate surface area is 161 Å². The summed E-state index contributed by atoms with van der Waals surface area (Å²) >= 11 is 0. The van der Waals surface area contributed by atoms with Gasteiger partial charge in [-0.1, -0.05) is 12.1 Å². The molecule has 4 rings (SSSR count). The van der Waals surface area contributed by atoms with Gasteiger partial charge in [-0.3, -0.25) is 4.79 Å². The number of benzene rings is 2. The highest BCUT2D eigenvalue weighted by Crippen LogP contribution is 2.35. The van der Waals surface area contributed by atoms with E-state index in [1.54, 1.807) is 42.6 Å². The number of nitrogens with one attached hydrogen (secondary N) is 1. The van der Waals surface area contributed by atoms with Gasteiger partial charge in [0.15, 0.2) is 11.5 Å². The van der Waals surface area contributed by atoms with Gasteiger partial charge in [-0.15, -0.1) is 0 Å². The topological polar surface area (TPSA) is 86.5 Å². The molecule has 142 valence electrons. The van der Waals surface area contributed by atoms with Crippen molar-refractivity contribution in [1.82, 2.24) is 10.3 Å². The van der Waals surface area contributed by atoms with Gasteiger partial charge >= 0.3 is 0 Å². The highest BCUT2D eigenvalue weighted by molar-refractivity contribution is 5.95. The first kappa shape index (κ1) is 17.8. The lowest BCUT2D eigenvalue weighted by Gasteiger charge is -2.19. The number of carbonyl (C=O) groups excluding carboxylic acids is 1. The summed E-state index contributed by atoms with van der Waals surface area (Å²) in [6.45, 7) is 1.16. The molecule has 6 nitrogen and oxygen atoms in total. The first-order valence-electron chi connectivity index (χ1n) is 8.78. The van der Waals surface area contributed by atoms with Crippen LogP contribution in [0.15, 0.2) is 54.7 Å². The van der Waals surface area contributed by atoms with Crippen LogP contribution in [0, 0.1) is 5.82 Å². The fourth-order valence-electron chi connectivity index (χ4n) is 2.99. The zero-order chi connectivity index (χ0) is 19.5. The van der Waals surface area contributed by atoms with E-state index < -0.39 is 11.7 Å². The average Bonchev–Trinajstić information content (AvgIpc) is 2.72. The lowest BCUT2D eigenvalue weighted by Crippen LogP contribution is -2.23. The number of anilines is 1. The number of ether oxygens (including phenoxy) is 2. The second-order valence-electron chi connectivity index (χ2n) is 6.32. The van der Waals surface area contributed by atoms with Crippen molar-refractivity contribution in [2.45, 2.75) is 6.54 Å². The van der Waals surface area contributed by atoms with Crippen LogP contribution < -0.4 is 20.5 Å². The molecule has 0 saturated carbocycles. The van der Waals surface area contributed by atoms with Gasteiger partial charge in [0.25, 0.3) is 5.91 Å². The van der Waals surface area contributed by atoms with Crippen LogP contribution in [0.3, 0.4) is 0 Å². The Morgan fingerprint density at radius 2 is 1.89 bits per heavy atom. The van der Waals surface area contributed by atoms with Crippen molar-refractivity contribution >= 4 is 11.7 Å². The maximum atomic E-state index is 14.2. The molecule has 2 aromatic carbocycles. The van der Waals surface area contributed by atoms with Crippen molar-refractivity contribution in [3.63, 3.8) is 0 Å². The van der Waals surface area contributed by atoms with Crippen LogP contribution in [0.25, 0.3) is 11.1 Å². The number of hydrogen-bond donors (Lipinski definition) is 2. The predicted molar refractivity (Wildman–Crippen MR) is 103 cm³/mol. The molecule has 0 radical (unpaired) electrons. The fourth-order valence-corrected chi connectivity index (χ4v) is 2.99. The van der Waals surface area contributed by atoms with Gasteiger partial charge in [0, 0.05) is 23.9 Å². The zero-order valence-corrected chi connectivity index (χ0v) is 14.9. The summed E-state index contributed by atoms with van der Waals surface area (Å²) in [5, 5.41) is 2.74. The summed E-state index contributed by atoms with van der Waals surface area (Å²) in [6.07, 6.45) is 1.58. The molecule has 0 atom stereocenters. The van der Waals surface area contributed by atoms with Crippen molar-refractivity contribution in [2.24, 2.45) is 0 Å². The van der Waals surface area contributed by atoms with Crippen LogP contribution in [0.1, 0.15) is 15.9 Å². The van der Waals surface area contributed by atoms with E-state index in [1.807, 2.05) is 0 Å². The molecule has 0 unspecified atom stereocenters. The lowest BCUT2D eigenvalue weighted by atomic mass is 10.0. The minimum absolute atomic E-state index is 0.203. The number of halogens is 1. The number of nitrogens with two attached hydrogens (primary N) is 1. The summed E-state index contributed by atoms with van der Waals surface area (Å²) in [5.41, 5.74) is 7.99. The largest absolute Gasteiger partial charge is 0.486 e. The number of pyridine rings is 1. The van der Waals surface area contributed by atoms with E-state index in [2.05, 4.69) is 10.3 Å². The molecule has 1 aliphatic rings. The average molecular weight is 379 g/mol. The van der Waals surface area contributed by atoms with Crippen LogP contribution in [0.5, 0.6) is 11.5 Å². The van der Waals surface area contributed by atoms with E-state index in [0.717, 1.165) is 5.56 Å². The zero-order valence-electron chi connectivity index (χ0n) is 14.9. The summed E-state index contributed by atoms with van der Waals surface area (Å²) in [6, 6.07) is 13.1. The van der Waals surface area contributed by atoms with Gasteiger partial charge in [0.2, 0.25) is 0 Å². The first-order chi connectivity index (χ1) is 13.6. The Bertz CT molecular complexity index is 1040. The number of nitrogens with zero attached hydrogens (tertiary/aromatic N) is 1. The molecule has 3 N–H and O–H groups in total. The maximum Gasteiger partial charge on any atom is 0.251 e. The van der Waals surface area contributed by atoms with Gasteiger partial charge in [-0.2, -0.15) is 0 Å². The molecule has 0 fully saturated rings. The standard InChI is InChI=1S/C21H18FN3O3/c22-17-9-15(13-3-4-18-19(11-13)28-7-6-27-18)8-16(10-17)21(26)25-12-14-2-1-5-24-20(14)23/h1-5,8-11H,6-7,12H2,(H2,23,24)(H,25,26). The Kier molecular flexibility index (Phi) is 4.80. The van der Waals surface area contributed by atoms with Crippen LogP contribution in [-0.4, -0.2) is 24.1 Å². The third-order valence-electron chi connectivity index (χ3n) is 4.40. The van der Waals surface area contributed by atoms with Gasteiger partial charge in [-0.25, -0.2) is 9.37 Å². The van der Waals surface area contributed by atoms with E-state index in [1.165, 1.54) is 12.1 Å². The number of nitrogen functional groups attached to an aromatic ring is 1. The molecule has 0 aliphatic carbocycles. The van der Waals surface area contributed by atoms with E-state index in [-0.39, 0.29) is 12.1 Å². The minimum atomic E-state index is -0.501. The van der Waals surface area contributed by atoms with E-state index >= 15 is 0 Å². The van der Waals surface area contributed by atoms with Crippen molar-refractivity contribution in [3.8, 4) is 22.6 Å². The van der Waals surface area contributed by atoms with Gasteiger partial charge in [-0.05, 0) is 47.5 Å². The van der Waals surface area contributed by atoms with Crippen molar-refractivity contribution < 1.29 is 18.7 Å². The molecule has 7 heteroatoms. The van der Waals surface area contributed by atoms with Gasteiger partial charge in [0.05, 0.1) is 0 Å². The van der Waals surface area contributed by atoms with Crippen molar-refractivity contribution in [3.05, 3.63) is 71.7 Å². The number of carbonyl (C=O) groups is 1. The summed E-state index contributed by atoms with van der Waals surface area (Å²) in [4.78, 5) is 16.5. The number of hydrogen-bond acceptors (Lipinski definition) is 5. The lowest BCUT2D eigenvalue weighted by molar-refractivity contribution is 0.0950. The molecule has 1 aliphatic heterocycles. The third kappa shape index (κ3) is 3.73. The third-order valence-corrected chi connectivity index (χ3v) is 4.40. The fraction of sp³-hybridized carbons (Fsp3) is 0.143. The molecule has 0 spiro atoms. The Morgan fingerprint density at radius 1 is 1.07 bits per heavy atom. The smallest absolute Gasteiger partial charge is 0.251 e. The quantitative estimate of drug-likeness (QED) is 0.727. The van der Waals surface area contributed by atoms with Crippen molar-refractivity contribution in [1.29, 1.82) is 0 Å². The van der Waals surface area contributed by atoms with Crippen LogP contribution >= 0.6 is 0 Å². The van der Waals surface area contributed by atoms with Crippen molar-refractivity contribution in [2.75, 3.05) is 18.9 Å². The van der Waals surface area contributed by atoms with Gasteiger partial charge in [0.1, 0.15) is 24.8 Å². The molecule has 28 heavy (non-hydrogen) atoms.